The minimum atomic E-state index is 0.634. The van der Waals surface area contributed by atoms with E-state index >= 15 is 0 Å². The first-order valence-corrected chi connectivity index (χ1v) is 5.49. The summed E-state index contributed by atoms with van der Waals surface area (Å²) in [4.78, 5) is 4.55. The molecule has 0 aromatic carbocycles. The quantitative estimate of drug-likeness (QED) is 0.773. The summed E-state index contributed by atoms with van der Waals surface area (Å²) in [6.45, 7) is 6.55. The van der Waals surface area contributed by atoms with Crippen LogP contribution in [0.2, 0.25) is 0 Å². The molecule has 1 aliphatic heterocycles. The third kappa shape index (κ3) is 1.80. The number of aromatic nitrogens is 1. The summed E-state index contributed by atoms with van der Waals surface area (Å²) in [5, 5.41) is 3.39. The van der Waals surface area contributed by atoms with Gasteiger partial charge in [0.25, 0.3) is 0 Å². The van der Waals surface area contributed by atoms with Gasteiger partial charge in [0, 0.05) is 31.4 Å². The molecule has 2 heterocycles. The van der Waals surface area contributed by atoms with Gasteiger partial charge in [0.05, 0.1) is 0 Å². The highest BCUT2D eigenvalue weighted by molar-refractivity contribution is 5.28. The van der Waals surface area contributed by atoms with Crippen LogP contribution in [-0.2, 0) is 13.0 Å². The second-order valence-electron chi connectivity index (χ2n) is 4.11. The number of nitrogens with zero attached hydrogens (tertiary/aromatic N) is 1. The van der Waals surface area contributed by atoms with Gasteiger partial charge >= 0.3 is 0 Å². The topological polar surface area (TPSA) is 24.9 Å². The maximum absolute atomic E-state index is 4.55. The van der Waals surface area contributed by atoms with Gasteiger partial charge in [0.2, 0.25) is 0 Å². The van der Waals surface area contributed by atoms with E-state index in [2.05, 4.69) is 36.4 Å². The molecule has 2 nitrogen and oxygen atoms in total. The minimum absolute atomic E-state index is 0.634. The van der Waals surface area contributed by atoms with Gasteiger partial charge in [-0.2, -0.15) is 0 Å². The van der Waals surface area contributed by atoms with E-state index in [0.29, 0.717) is 5.92 Å². The van der Waals surface area contributed by atoms with Crippen LogP contribution in [0.5, 0.6) is 0 Å². The molecule has 0 saturated carbocycles. The summed E-state index contributed by atoms with van der Waals surface area (Å²) in [6, 6.07) is 2.32. The lowest BCUT2D eigenvalue weighted by molar-refractivity contribution is 0.624. The van der Waals surface area contributed by atoms with E-state index in [0.717, 1.165) is 19.5 Å². The summed E-state index contributed by atoms with van der Waals surface area (Å²) in [6.07, 6.45) is 4.32. The average molecular weight is 190 g/mol. The number of hydrogen-bond donors (Lipinski definition) is 1. The van der Waals surface area contributed by atoms with Gasteiger partial charge in [-0.1, -0.05) is 19.9 Å². The highest BCUT2D eigenvalue weighted by atomic mass is 14.9. The molecule has 14 heavy (non-hydrogen) atoms. The fourth-order valence-corrected chi connectivity index (χ4v) is 1.87. The van der Waals surface area contributed by atoms with Crippen molar-refractivity contribution >= 4 is 0 Å². The van der Waals surface area contributed by atoms with Gasteiger partial charge in [0.15, 0.2) is 0 Å². The third-order valence-corrected chi connectivity index (χ3v) is 3.12. The number of fused-ring (bicyclic) bond motifs is 1. The molecule has 0 amide bonds. The van der Waals surface area contributed by atoms with Crippen LogP contribution in [0.3, 0.4) is 0 Å². The van der Waals surface area contributed by atoms with E-state index in [-0.39, 0.29) is 0 Å². The summed E-state index contributed by atoms with van der Waals surface area (Å²) in [5.41, 5.74) is 4.07. The largest absolute Gasteiger partial charge is 0.312 e. The van der Waals surface area contributed by atoms with Crippen molar-refractivity contribution < 1.29 is 0 Å². The first kappa shape index (κ1) is 9.66. The van der Waals surface area contributed by atoms with Crippen LogP contribution in [0, 0.1) is 0 Å². The number of hydrogen-bond acceptors (Lipinski definition) is 2. The van der Waals surface area contributed by atoms with Gasteiger partial charge in [-0.3, -0.25) is 4.98 Å². The van der Waals surface area contributed by atoms with Crippen molar-refractivity contribution in [3.05, 3.63) is 29.1 Å². The maximum Gasteiger partial charge on any atom is 0.0461 e. The second kappa shape index (κ2) is 4.09. The molecule has 1 unspecified atom stereocenters. The van der Waals surface area contributed by atoms with Crippen molar-refractivity contribution in [2.75, 3.05) is 6.54 Å². The standard InChI is InChI=1S/C12H18N2/c1-3-9(2)10-6-11-7-13-5-4-12(11)14-8-10/h6,8-9,13H,3-5,7H2,1-2H3. The van der Waals surface area contributed by atoms with Crippen molar-refractivity contribution in [1.29, 1.82) is 0 Å². The predicted molar refractivity (Wildman–Crippen MR) is 58.4 cm³/mol. The fourth-order valence-electron chi connectivity index (χ4n) is 1.87. The molecule has 0 spiro atoms. The minimum Gasteiger partial charge on any atom is -0.312 e. The lowest BCUT2D eigenvalue weighted by atomic mass is 9.96. The van der Waals surface area contributed by atoms with E-state index in [1.165, 1.54) is 23.2 Å². The molecule has 0 aliphatic carbocycles. The monoisotopic (exact) mass is 190 g/mol. The molecule has 2 heteroatoms. The average Bonchev–Trinajstić information content (AvgIpc) is 2.27. The molecule has 1 aromatic rings. The Bertz CT molecular complexity index is 320. The Hall–Kier alpha value is -0.890. The van der Waals surface area contributed by atoms with Gasteiger partial charge < -0.3 is 5.32 Å². The first-order chi connectivity index (χ1) is 6.81. The predicted octanol–water partition coefficient (Wildman–Crippen LogP) is 2.24. The van der Waals surface area contributed by atoms with Gasteiger partial charge in [-0.05, 0) is 23.5 Å². The van der Waals surface area contributed by atoms with Crippen LogP contribution in [-0.4, -0.2) is 11.5 Å². The Balaban J connectivity index is 2.29. The normalized spacial score (nSPS) is 17.6. The Morgan fingerprint density at radius 3 is 3.21 bits per heavy atom. The lowest BCUT2D eigenvalue weighted by Gasteiger charge is -2.18. The molecule has 2 rings (SSSR count). The molecule has 0 bridgehead atoms. The van der Waals surface area contributed by atoms with E-state index in [1.54, 1.807) is 0 Å². The van der Waals surface area contributed by atoms with Crippen LogP contribution < -0.4 is 5.32 Å². The first-order valence-electron chi connectivity index (χ1n) is 5.49. The van der Waals surface area contributed by atoms with Crippen LogP contribution in [0.25, 0.3) is 0 Å². The van der Waals surface area contributed by atoms with Crippen LogP contribution in [0.4, 0.5) is 0 Å². The number of rotatable bonds is 2. The number of nitrogens with one attached hydrogen (secondary N) is 1. The smallest absolute Gasteiger partial charge is 0.0461 e. The lowest BCUT2D eigenvalue weighted by Crippen LogP contribution is -2.24. The molecule has 0 saturated heterocycles. The summed E-state index contributed by atoms with van der Waals surface area (Å²) >= 11 is 0. The molecular formula is C12H18N2. The van der Waals surface area contributed by atoms with Crippen molar-refractivity contribution in [3.8, 4) is 0 Å². The van der Waals surface area contributed by atoms with Crippen LogP contribution in [0.15, 0.2) is 12.3 Å². The van der Waals surface area contributed by atoms with Crippen molar-refractivity contribution in [2.24, 2.45) is 0 Å². The Labute approximate surface area is 85.7 Å². The summed E-state index contributed by atoms with van der Waals surface area (Å²) in [7, 11) is 0. The van der Waals surface area contributed by atoms with E-state index < -0.39 is 0 Å². The van der Waals surface area contributed by atoms with Crippen LogP contribution >= 0.6 is 0 Å². The van der Waals surface area contributed by atoms with E-state index in [9.17, 15) is 0 Å². The Morgan fingerprint density at radius 2 is 2.43 bits per heavy atom. The van der Waals surface area contributed by atoms with Crippen molar-refractivity contribution in [2.45, 2.75) is 39.2 Å². The zero-order chi connectivity index (χ0) is 9.97. The summed E-state index contributed by atoms with van der Waals surface area (Å²) in [5.74, 6) is 0.634. The summed E-state index contributed by atoms with van der Waals surface area (Å²) < 4.78 is 0. The van der Waals surface area contributed by atoms with Crippen molar-refractivity contribution in [1.82, 2.24) is 10.3 Å². The molecule has 0 fully saturated rings. The van der Waals surface area contributed by atoms with E-state index in [1.807, 2.05) is 0 Å². The molecular weight excluding hydrogens is 172 g/mol. The fraction of sp³-hybridized carbons (Fsp3) is 0.583. The SMILES string of the molecule is CCC(C)c1cnc2c(c1)CNCC2. The molecule has 1 aromatic heterocycles. The Kier molecular flexibility index (Phi) is 2.82. The Morgan fingerprint density at radius 1 is 1.57 bits per heavy atom. The number of pyridine rings is 1. The van der Waals surface area contributed by atoms with E-state index in [4.69, 9.17) is 0 Å². The zero-order valence-corrected chi connectivity index (χ0v) is 9.01. The highest BCUT2D eigenvalue weighted by Gasteiger charge is 2.12. The molecule has 1 aliphatic rings. The zero-order valence-electron chi connectivity index (χ0n) is 9.01. The van der Waals surface area contributed by atoms with Crippen LogP contribution in [0.1, 0.15) is 43.0 Å². The van der Waals surface area contributed by atoms with Gasteiger partial charge in [0.1, 0.15) is 0 Å². The molecule has 76 valence electrons. The van der Waals surface area contributed by atoms with Gasteiger partial charge in [-0.25, -0.2) is 0 Å². The highest BCUT2D eigenvalue weighted by Crippen LogP contribution is 2.21. The second-order valence-corrected chi connectivity index (χ2v) is 4.11. The third-order valence-electron chi connectivity index (χ3n) is 3.12. The molecule has 1 atom stereocenters. The maximum atomic E-state index is 4.55. The van der Waals surface area contributed by atoms with Gasteiger partial charge in [-0.15, -0.1) is 0 Å². The molecule has 0 radical (unpaired) electrons. The van der Waals surface area contributed by atoms with Crippen molar-refractivity contribution in [3.63, 3.8) is 0 Å². The molecule has 1 N–H and O–H groups in total.